The van der Waals surface area contributed by atoms with Crippen LogP contribution in [0.5, 0.6) is 5.75 Å². The standard InChI is InChI=1S/C18H19N3O4/c1-9-5-6-13(24-4)12(7-9)10(2)21-17(23)14-11(3)25-18-15(14)16(22)19-8-20-18/h5-8,10H,1-4H3,(H,21,23)(H,19,20,22). The van der Waals surface area contributed by atoms with Crippen LogP contribution < -0.4 is 15.6 Å². The number of hydrogen-bond donors (Lipinski definition) is 2. The molecule has 7 nitrogen and oxygen atoms in total. The predicted molar refractivity (Wildman–Crippen MR) is 93.0 cm³/mol. The Hall–Kier alpha value is -3.09. The molecule has 25 heavy (non-hydrogen) atoms. The van der Waals surface area contributed by atoms with Crippen molar-refractivity contribution < 1.29 is 13.9 Å². The van der Waals surface area contributed by atoms with Gasteiger partial charge >= 0.3 is 0 Å². The summed E-state index contributed by atoms with van der Waals surface area (Å²) in [4.78, 5) is 31.3. The maximum absolute atomic E-state index is 12.8. The van der Waals surface area contributed by atoms with Crippen LogP contribution in [-0.2, 0) is 0 Å². The van der Waals surface area contributed by atoms with Crippen molar-refractivity contribution in [3.8, 4) is 5.75 Å². The molecule has 1 amide bonds. The number of nitrogens with zero attached hydrogens (tertiary/aromatic N) is 1. The number of ether oxygens (including phenoxy) is 1. The Morgan fingerprint density at radius 2 is 2.12 bits per heavy atom. The average molecular weight is 341 g/mol. The molecular formula is C18H19N3O4. The van der Waals surface area contributed by atoms with E-state index in [1.807, 2.05) is 32.0 Å². The van der Waals surface area contributed by atoms with E-state index >= 15 is 0 Å². The van der Waals surface area contributed by atoms with E-state index in [9.17, 15) is 9.59 Å². The molecule has 0 fully saturated rings. The van der Waals surface area contributed by atoms with Gasteiger partial charge in [0.05, 0.1) is 25.0 Å². The van der Waals surface area contributed by atoms with Crippen LogP contribution in [-0.4, -0.2) is 23.0 Å². The van der Waals surface area contributed by atoms with E-state index in [0.717, 1.165) is 11.1 Å². The smallest absolute Gasteiger partial charge is 0.262 e. The summed E-state index contributed by atoms with van der Waals surface area (Å²) in [5, 5.41) is 3.05. The first-order valence-electron chi connectivity index (χ1n) is 7.84. The fraction of sp³-hybridized carbons (Fsp3) is 0.278. The Morgan fingerprint density at radius 1 is 1.36 bits per heavy atom. The minimum atomic E-state index is -0.409. The summed E-state index contributed by atoms with van der Waals surface area (Å²) in [7, 11) is 1.58. The highest BCUT2D eigenvalue weighted by Gasteiger charge is 2.24. The van der Waals surface area contributed by atoms with E-state index in [4.69, 9.17) is 9.15 Å². The maximum atomic E-state index is 12.8. The lowest BCUT2D eigenvalue weighted by atomic mass is 10.0. The minimum Gasteiger partial charge on any atom is -0.496 e. The lowest BCUT2D eigenvalue weighted by Gasteiger charge is -2.18. The van der Waals surface area contributed by atoms with Crippen molar-refractivity contribution in [1.82, 2.24) is 15.3 Å². The molecule has 0 bridgehead atoms. The van der Waals surface area contributed by atoms with Crippen LogP contribution in [0.2, 0.25) is 0 Å². The number of carbonyl (C=O) groups is 1. The fourth-order valence-corrected chi connectivity index (χ4v) is 2.87. The largest absolute Gasteiger partial charge is 0.496 e. The second kappa shape index (κ2) is 6.43. The lowest BCUT2D eigenvalue weighted by Crippen LogP contribution is -2.28. The van der Waals surface area contributed by atoms with Crippen LogP contribution >= 0.6 is 0 Å². The molecule has 0 saturated heterocycles. The normalized spacial score (nSPS) is 12.2. The van der Waals surface area contributed by atoms with Gasteiger partial charge in [-0.25, -0.2) is 4.98 Å². The van der Waals surface area contributed by atoms with Crippen LogP contribution in [0.15, 0.2) is 33.7 Å². The number of hydrogen-bond acceptors (Lipinski definition) is 5. The molecule has 0 saturated carbocycles. The quantitative estimate of drug-likeness (QED) is 0.760. The molecule has 2 N–H and O–H groups in total. The van der Waals surface area contributed by atoms with Gasteiger partial charge in [-0.2, -0.15) is 0 Å². The Kier molecular flexibility index (Phi) is 4.31. The number of methoxy groups -OCH3 is 1. The molecule has 1 unspecified atom stereocenters. The van der Waals surface area contributed by atoms with E-state index in [-0.39, 0.29) is 22.7 Å². The lowest BCUT2D eigenvalue weighted by molar-refractivity contribution is 0.0939. The number of rotatable bonds is 4. The topological polar surface area (TPSA) is 97.2 Å². The summed E-state index contributed by atoms with van der Waals surface area (Å²) in [5.41, 5.74) is 1.85. The Morgan fingerprint density at radius 3 is 2.84 bits per heavy atom. The van der Waals surface area contributed by atoms with Gasteiger partial charge in [-0.05, 0) is 26.8 Å². The maximum Gasteiger partial charge on any atom is 0.262 e. The van der Waals surface area contributed by atoms with Crippen molar-refractivity contribution >= 4 is 17.0 Å². The fourth-order valence-electron chi connectivity index (χ4n) is 2.87. The SMILES string of the molecule is COc1ccc(C)cc1C(C)NC(=O)c1c(C)oc2nc[nH]c(=O)c12. The molecule has 0 aliphatic heterocycles. The van der Waals surface area contributed by atoms with Gasteiger partial charge in [-0.15, -0.1) is 0 Å². The van der Waals surface area contributed by atoms with Gasteiger partial charge in [-0.3, -0.25) is 9.59 Å². The average Bonchev–Trinajstić information content (AvgIpc) is 2.92. The van der Waals surface area contributed by atoms with E-state index < -0.39 is 11.5 Å². The highest BCUT2D eigenvalue weighted by molar-refractivity contribution is 6.06. The number of benzene rings is 1. The van der Waals surface area contributed by atoms with Gasteiger partial charge < -0.3 is 19.5 Å². The number of nitrogens with one attached hydrogen (secondary N) is 2. The zero-order valence-corrected chi connectivity index (χ0v) is 14.5. The van der Waals surface area contributed by atoms with Gasteiger partial charge in [0.15, 0.2) is 0 Å². The predicted octanol–water partition coefficient (Wildman–Crippen LogP) is 2.63. The molecule has 1 aromatic carbocycles. The first-order valence-corrected chi connectivity index (χ1v) is 7.84. The zero-order valence-electron chi connectivity index (χ0n) is 14.5. The molecule has 0 spiro atoms. The summed E-state index contributed by atoms with van der Waals surface area (Å²) in [6, 6.07) is 5.44. The molecule has 2 heterocycles. The van der Waals surface area contributed by atoms with Gasteiger partial charge in [-0.1, -0.05) is 17.7 Å². The third-order valence-corrected chi connectivity index (χ3v) is 4.10. The number of fused-ring (bicyclic) bond motifs is 1. The van der Waals surface area contributed by atoms with Gasteiger partial charge in [0, 0.05) is 5.56 Å². The Balaban J connectivity index is 1.97. The number of aromatic amines is 1. The van der Waals surface area contributed by atoms with Crippen molar-refractivity contribution in [1.29, 1.82) is 0 Å². The number of furan rings is 1. The third-order valence-electron chi connectivity index (χ3n) is 4.10. The van der Waals surface area contributed by atoms with Crippen LogP contribution in [0.25, 0.3) is 11.1 Å². The van der Waals surface area contributed by atoms with Crippen molar-refractivity contribution in [2.75, 3.05) is 7.11 Å². The molecular weight excluding hydrogens is 322 g/mol. The molecule has 0 aliphatic rings. The van der Waals surface area contributed by atoms with Crippen LogP contribution in [0.1, 0.15) is 40.2 Å². The summed E-state index contributed by atoms with van der Waals surface area (Å²) in [6.45, 7) is 5.46. The van der Waals surface area contributed by atoms with Crippen LogP contribution in [0, 0.1) is 13.8 Å². The molecule has 1 atom stereocenters. The first kappa shape index (κ1) is 16.8. The number of aromatic nitrogens is 2. The van der Waals surface area contributed by atoms with E-state index in [1.165, 1.54) is 6.33 Å². The van der Waals surface area contributed by atoms with Crippen molar-refractivity contribution in [3.05, 3.63) is 57.3 Å². The highest BCUT2D eigenvalue weighted by Crippen LogP contribution is 2.27. The second-order valence-corrected chi connectivity index (χ2v) is 5.89. The van der Waals surface area contributed by atoms with Gasteiger partial charge in [0.2, 0.25) is 5.71 Å². The molecule has 130 valence electrons. The van der Waals surface area contributed by atoms with Crippen molar-refractivity contribution in [3.63, 3.8) is 0 Å². The van der Waals surface area contributed by atoms with Crippen molar-refractivity contribution in [2.24, 2.45) is 0 Å². The molecule has 7 heteroatoms. The first-order chi connectivity index (χ1) is 11.9. The monoisotopic (exact) mass is 341 g/mol. The number of aryl methyl sites for hydroxylation is 2. The summed E-state index contributed by atoms with van der Waals surface area (Å²) < 4.78 is 10.8. The molecule has 0 aliphatic carbocycles. The second-order valence-electron chi connectivity index (χ2n) is 5.89. The Labute approximate surface area is 144 Å². The molecule has 3 rings (SSSR count). The summed E-state index contributed by atoms with van der Waals surface area (Å²) in [5.74, 6) is 0.637. The highest BCUT2D eigenvalue weighted by atomic mass is 16.5. The van der Waals surface area contributed by atoms with Crippen LogP contribution in [0.3, 0.4) is 0 Å². The molecule has 2 aromatic heterocycles. The van der Waals surface area contributed by atoms with Crippen LogP contribution in [0.4, 0.5) is 0 Å². The molecule has 3 aromatic rings. The summed E-state index contributed by atoms with van der Waals surface area (Å²) in [6.07, 6.45) is 1.25. The van der Waals surface area contributed by atoms with E-state index in [0.29, 0.717) is 11.5 Å². The number of H-pyrrole nitrogens is 1. The molecule has 0 radical (unpaired) electrons. The third kappa shape index (κ3) is 3.00. The van der Waals surface area contributed by atoms with Gasteiger partial charge in [0.1, 0.15) is 16.9 Å². The summed E-state index contributed by atoms with van der Waals surface area (Å²) >= 11 is 0. The minimum absolute atomic E-state index is 0.146. The van der Waals surface area contributed by atoms with Crippen molar-refractivity contribution in [2.45, 2.75) is 26.8 Å². The zero-order chi connectivity index (χ0) is 18.1. The van der Waals surface area contributed by atoms with Gasteiger partial charge in [0.25, 0.3) is 11.5 Å². The number of amides is 1. The Bertz CT molecular complexity index is 1000. The van der Waals surface area contributed by atoms with E-state index in [1.54, 1.807) is 14.0 Å². The number of carbonyl (C=O) groups excluding carboxylic acids is 1. The van der Waals surface area contributed by atoms with E-state index in [2.05, 4.69) is 15.3 Å².